The molecule has 5 heteroatoms. The summed E-state index contributed by atoms with van der Waals surface area (Å²) in [6.45, 7) is 2.65. The van der Waals surface area contributed by atoms with Crippen LogP contribution in [0.3, 0.4) is 0 Å². The zero-order valence-corrected chi connectivity index (χ0v) is 9.32. The van der Waals surface area contributed by atoms with Crippen LogP contribution in [0.15, 0.2) is 17.0 Å². The molecule has 0 saturated carbocycles. The Morgan fingerprint density at radius 1 is 1.69 bits per heavy atom. The smallest absolute Gasteiger partial charge is 0.146 e. The van der Waals surface area contributed by atoms with E-state index in [1.165, 1.54) is 6.33 Å². The van der Waals surface area contributed by atoms with Gasteiger partial charge in [-0.05, 0) is 22.9 Å². The molecular weight excluding hydrogens is 232 g/mol. The lowest BCUT2D eigenvalue weighted by Gasteiger charge is -2.25. The molecule has 0 aliphatic carbocycles. The Balaban J connectivity index is 2.88. The third-order valence-corrected chi connectivity index (χ3v) is 2.54. The van der Waals surface area contributed by atoms with Crippen LogP contribution in [0.4, 0.5) is 5.82 Å². The number of hydrogen-bond donors (Lipinski definition) is 1. The van der Waals surface area contributed by atoms with E-state index >= 15 is 0 Å². The maximum atomic E-state index is 5.56. The van der Waals surface area contributed by atoms with E-state index in [1.54, 1.807) is 6.20 Å². The zero-order valence-electron chi connectivity index (χ0n) is 7.74. The quantitative estimate of drug-likeness (QED) is 0.863. The Labute approximate surface area is 86.3 Å². The van der Waals surface area contributed by atoms with Gasteiger partial charge >= 0.3 is 0 Å². The zero-order chi connectivity index (χ0) is 9.84. The topological polar surface area (TPSA) is 55.0 Å². The number of likely N-dealkylation sites (N-methyl/N-ethyl adjacent to an activating group) is 1. The summed E-state index contributed by atoms with van der Waals surface area (Å²) in [5, 5.41) is 0. The Morgan fingerprint density at radius 2 is 2.38 bits per heavy atom. The van der Waals surface area contributed by atoms with Crippen molar-refractivity contribution in [3.63, 3.8) is 0 Å². The molecule has 0 bridgehead atoms. The van der Waals surface area contributed by atoms with E-state index in [0.717, 1.165) is 10.3 Å². The second-order valence-electron chi connectivity index (χ2n) is 2.89. The average molecular weight is 245 g/mol. The first-order chi connectivity index (χ1) is 6.16. The summed E-state index contributed by atoms with van der Waals surface area (Å²) >= 11 is 3.39. The molecule has 0 amide bonds. The highest BCUT2D eigenvalue weighted by Gasteiger charge is 2.11. The summed E-state index contributed by atoms with van der Waals surface area (Å²) in [6.07, 6.45) is 3.25. The van der Waals surface area contributed by atoms with Gasteiger partial charge in [0.2, 0.25) is 0 Å². The molecule has 0 saturated heterocycles. The van der Waals surface area contributed by atoms with Gasteiger partial charge in [-0.25, -0.2) is 9.97 Å². The van der Waals surface area contributed by atoms with Crippen LogP contribution in [-0.2, 0) is 0 Å². The second-order valence-corrected chi connectivity index (χ2v) is 3.74. The minimum Gasteiger partial charge on any atom is -0.355 e. The lowest BCUT2D eigenvalue weighted by molar-refractivity contribution is 0.685. The largest absolute Gasteiger partial charge is 0.355 e. The molecule has 0 fully saturated rings. The van der Waals surface area contributed by atoms with Gasteiger partial charge in [-0.3, -0.25) is 0 Å². The molecule has 1 aromatic rings. The van der Waals surface area contributed by atoms with Crippen molar-refractivity contribution < 1.29 is 0 Å². The van der Waals surface area contributed by atoms with E-state index in [2.05, 4.69) is 32.8 Å². The van der Waals surface area contributed by atoms with Crippen LogP contribution in [0.5, 0.6) is 0 Å². The van der Waals surface area contributed by atoms with E-state index < -0.39 is 0 Å². The number of nitrogens with two attached hydrogens (primary N) is 1. The van der Waals surface area contributed by atoms with Crippen LogP contribution in [0, 0.1) is 0 Å². The molecule has 0 aliphatic rings. The molecule has 0 aliphatic heterocycles. The lowest BCUT2D eigenvalue weighted by Crippen LogP contribution is -2.36. The van der Waals surface area contributed by atoms with Gasteiger partial charge in [0.15, 0.2) is 0 Å². The van der Waals surface area contributed by atoms with Gasteiger partial charge in [-0.2, -0.15) is 0 Å². The van der Waals surface area contributed by atoms with Crippen molar-refractivity contribution >= 4 is 21.7 Å². The van der Waals surface area contributed by atoms with Gasteiger partial charge in [0.05, 0.1) is 4.47 Å². The first-order valence-corrected chi connectivity index (χ1v) is 4.84. The van der Waals surface area contributed by atoms with Gasteiger partial charge < -0.3 is 10.6 Å². The van der Waals surface area contributed by atoms with Crippen LogP contribution in [-0.4, -0.2) is 29.6 Å². The Morgan fingerprint density at radius 3 is 2.92 bits per heavy atom. The first kappa shape index (κ1) is 10.4. The number of hydrogen-bond acceptors (Lipinski definition) is 4. The monoisotopic (exact) mass is 244 g/mol. The van der Waals surface area contributed by atoms with Gasteiger partial charge in [0.25, 0.3) is 0 Å². The minimum atomic E-state index is 0.270. The molecule has 2 N–H and O–H groups in total. The van der Waals surface area contributed by atoms with Crippen LogP contribution >= 0.6 is 15.9 Å². The Bertz CT molecular complexity index is 279. The van der Waals surface area contributed by atoms with Crippen LogP contribution in [0.2, 0.25) is 0 Å². The molecule has 1 rings (SSSR count). The van der Waals surface area contributed by atoms with Crippen molar-refractivity contribution in [3.05, 3.63) is 17.0 Å². The summed E-state index contributed by atoms with van der Waals surface area (Å²) in [6, 6.07) is 0.270. The van der Waals surface area contributed by atoms with E-state index in [0.29, 0.717) is 6.54 Å². The molecule has 1 aromatic heterocycles. The predicted octanol–water partition coefficient (Wildman–Crippen LogP) is 1.02. The fourth-order valence-electron chi connectivity index (χ4n) is 0.933. The summed E-state index contributed by atoms with van der Waals surface area (Å²) < 4.78 is 0.887. The van der Waals surface area contributed by atoms with Crippen molar-refractivity contribution in [1.29, 1.82) is 0 Å². The third-order valence-electron chi connectivity index (χ3n) is 1.98. The molecule has 1 heterocycles. The highest BCUT2D eigenvalue weighted by atomic mass is 79.9. The van der Waals surface area contributed by atoms with Crippen LogP contribution in [0.25, 0.3) is 0 Å². The van der Waals surface area contributed by atoms with E-state index in [9.17, 15) is 0 Å². The summed E-state index contributed by atoms with van der Waals surface area (Å²) in [5.41, 5.74) is 5.56. The van der Waals surface area contributed by atoms with Gasteiger partial charge in [0.1, 0.15) is 12.1 Å². The maximum absolute atomic E-state index is 5.56. The van der Waals surface area contributed by atoms with Crippen molar-refractivity contribution in [2.75, 3.05) is 18.5 Å². The summed E-state index contributed by atoms with van der Waals surface area (Å²) in [7, 11) is 1.96. The van der Waals surface area contributed by atoms with Crippen LogP contribution in [0.1, 0.15) is 6.92 Å². The number of halogens is 1. The summed E-state index contributed by atoms with van der Waals surface area (Å²) in [5.74, 6) is 0.868. The summed E-state index contributed by atoms with van der Waals surface area (Å²) in [4.78, 5) is 10.1. The average Bonchev–Trinajstić information content (AvgIpc) is 2.16. The van der Waals surface area contributed by atoms with Gasteiger partial charge in [-0.15, -0.1) is 0 Å². The molecule has 0 aromatic carbocycles. The molecular formula is C8H13BrN4. The van der Waals surface area contributed by atoms with E-state index in [-0.39, 0.29) is 6.04 Å². The number of nitrogens with zero attached hydrogens (tertiary/aromatic N) is 3. The normalized spacial score (nSPS) is 12.6. The van der Waals surface area contributed by atoms with Crippen molar-refractivity contribution in [3.8, 4) is 0 Å². The third kappa shape index (κ3) is 2.38. The molecule has 1 atom stereocenters. The minimum absolute atomic E-state index is 0.270. The molecule has 0 radical (unpaired) electrons. The second kappa shape index (κ2) is 4.53. The maximum Gasteiger partial charge on any atom is 0.146 e. The predicted molar refractivity (Wildman–Crippen MR) is 56.7 cm³/mol. The van der Waals surface area contributed by atoms with Crippen molar-refractivity contribution in [1.82, 2.24) is 9.97 Å². The highest BCUT2D eigenvalue weighted by molar-refractivity contribution is 9.10. The fourth-order valence-corrected chi connectivity index (χ4v) is 1.43. The molecule has 4 nitrogen and oxygen atoms in total. The van der Waals surface area contributed by atoms with Crippen LogP contribution < -0.4 is 10.6 Å². The number of anilines is 1. The fraction of sp³-hybridized carbons (Fsp3) is 0.500. The molecule has 0 spiro atoms. The molecule has 1 unspecified atom stereocenters. The molecule has 13 heavy (non-hydrogen) atoms. The first-order valence-electron chi connectivity index (χ1n) is 4.05. The number of aromatic nitrogens is 2. The Hall–Kier alpha value is -0.680. The SMILES string of the molecule is CC(CN)N(C)c1ncncc1Br. The standard InChI is InChI=1S/C8H13BrN4/c1-6(3-10)13(2)8-7(9)4-11-5-12-8/h4-6H,3,10H2,1-2H3. The van der Waals surface area contributed by atoms with Crippen molar-refractivity contribution in [2.24, 2.45) is 5.73 Å². The van der Waals surface area contributed by atoms with E-state index in [4.69, 9.17) is 5.73 Å². The highest BCUT2D eigenvalue weighted by Crippen LogP contribution is 2.21. The van der Waals surface area contributed by atoms with Crippen molar-refractivity contribution in [2.45, 2.75) is 13.0 Å². The Kier molecular flexibility index (Phi) is 3.62. The lowest BCUT2D eigenvalue weighted by atomic mass is 10.3. The van der Waals surface area contributed by atoms with Gasteiger partial charge in [0, 0.05) is 25.8 Å². The number of rotatable bonds is 3. The van der Waals surface area contributed by atoms with Gasteiger partial charge in [-0.1, -0.05) is 0 Å². The molecule has 72 valence electrons. The van der Waals surface area contributed by atoms with E-state index in [1.807, 2.05) is 11.9 Å².